The molecule has 0 bridgehead atoms. The van der Waals surface area contributed by atoms with E-state index in [1.807, 2.05) is 56.4 Å². The summed E-state index contributed by atoms with van der Waals surface area (Å²) in [6, 6.07) is 13.5. The average molecular weight is 465 g/mol. The van der Waals surface area contributed by atoms with Crippen molar-refractivity contribution in [1.29, 1.82) is 0 Å². The summed E-state index contributed by atoms with van der Waals surface area (Å²) in [6.45, 7) is 8.20. The van der Waals surface area contributed by atoms with Gasteiger partial charge in [0.25, 0.3) is 5.56 Å². The monoisotopic (exact) mass is 464 g/mol. The number of H-pyrrole nitrogens is 1. The number of nitrogens with two attached hydrogens (primary N) is 1. The van der Waals surface area contributed by atoms with Crippen LogP contribution in [0.4, 0.5) is 11.5 Å². The Hall–Kier alpha value is -3.59. The number of carbonyl (C=O) groups is 1. The summed E-state index contributed by atoms with van der Waals surface area (Å²) in [6.07, 6.45) is 2.05. The lowest BCUT2D eigenvalue weighted by Gasteiger charge is -2.36. The van der Waals surface area contributed by atoms with Gasteiger partial charge in [-0.15, -0.1) is 0 Å². The largest absolute Gasteiger partial charge is 0.383 e. The van der Waals surface area contributed by atoms with Gasteiger partial charge in [-0.3, -0.25) is 24.0 Å². The zero-order valence-corrected chi connectivity index (χ0v) is 19.9. The van der Waals surface area contributed by atoms with E-state index >= 15 is 0 Å². The molecule has 1 aliphatic heterocycles. The van der Waals surface area contributed by atoms with Crippen LogP contribution in [0.2, 0.25) is 0 Å². The van der Waals surface area contributed by atoms with Crippen molar-refractivity contribution < 1.29 is 4.79 Å². The fourth-order valence-corrected chi connectivity index (χ4v) is 4.55. The number of nitrogens with one attached hydrogen (secondary N) is 1. The molecule has 34 heavy (non-hydrogen) atoms. The quantitative estimate of drug-likeness (QED) is 0.556. The maximum Gasteiger partial charge on any atom is 0.330 e. The van der Waals surface area contributed by atoms with Crippen molar-refractivity contribution in [2.75, 3.05) is 30.3 Å². The number of hydrogen-bond donors (Lipinski definition) is 2. The van der Waals surface area contributed by atoms with E-state index in [-0.39, 0.29) is 42.5 Å². The number of amides is 1. The molecule has 0 fully saturated rings. The Morgan fingerprint density at radius 1 is 1.15 bits per heavy atom. The van der Waals surface area contributed by atoms with E-state index in [4.69, 9.17) is 5.73 Å². The molecule has 2 aromatic heterocycles. The topological polar surface area (TPSA) is 109 Å². The van der Waals surface area contributed by atoms with Crippen molar-refractivity contribution in [3.63, 3.8) is 0 Å². The van der Waals surface area contributed by atoms with Crippen molar-refractivity contribution in [2.45, 2.75) is 39.9 Å². The van der Waals surface area contributed by atoms with Crippen LogP contribution in [-0.4, -0.2) is 44.6 Å². The second kappa shape index (κ2) is 9.72. The van der Waals surface area contributed by atoms with Gasteiger partial charge in [-0.05, 0) is 30.5 Å². The molecular formula is C25H32N6O3. The van der Waals surface area contributed by atoms with E-state index in [9.17, 15) is 14.4 Å². The highest BCUT2D eigenvalue weighted by atomic mass is 16.2. The molecule has 1 amide bonds. The average Bonchev–Trinajstić information content (AvgIpc) is 3.28. The number of rotatable bonds is 7. The molecule has 180 valence electrons. The SMILES string of the molecule is CC(C)CN(C(=O)CN1CCn2cccc2[C@@H]1C)c1c(N)n(Cc2ccccc2)c(=O)[nH]c1=O. The van der Waals surface area contributed by atoms with E-state index in [2.05, 4.69) is 27.4 Å². The first-order chi connectivity index (χ1) is 16.3. The molecule has 4 rings (SSSR count). The number of hydrogen-bond acceptors (Lipinski definition) is 5. The van der Waals surface area contributed by atoms with Gasteiger partial charge >= 0.3 is 5.69 Å². The van der Waals surface area contributed by atoms with Gasteiger partial charge in [0, 0.05) is 37.6 Å². The molecule has 0 saturated heterocycles. The summed E-state index contributed by atoms with van der Waals surface area (Å²) in [7, 11) is 0. The van der Waals surface area contributed by atoms with Crippen LogP contribution in [0.25, 0.3) is 0 Å². The molecule has 0 unspecified atom stereocenters. The lowest BCUT2D eigenvalue weighted by Crippen LogP contribution is -2.48. The Morgan fingerprint density at radius 3 is 2.59 bits per heavy atom. The standard InChI is InChI=1S/C25H32N6O3/c1-17(2)14-30(21(32)16-29-13-12-28-11-7-10-20(28)18(29)3)22-23(26)31(25(34)27-24(22)33)15-19-8-5-4-6-9-19/h4-11,17-18H,12-16,26H2,1-3H3,(H,27,33,34)/t18-/m0/s1. The third kappa shape index (κ3) is 4.70. The fourth-order valence-electron chi connectivity index (χ4n) is 4.55. The first-order valence-corrected chi connectivity index (χ1v) is 11.6. The fraction of sp³-hybridized carbons (Fsp3) is 0.400. The Balaban J connectivity index is 1.67. The third-order valence-electron chi connectivity index (χ3n) is 6.32. The molecule has 3 aromatic rings. The molecule has 9 heteroatoms. The van der Waals surface area contributed by atoms with Crippen LogP contribution in [0.15, 0.2) is 58.3 Å². The van der Waals surface area contributed by atoms with E-state index in [0.717, 1.165) is 24.3 Å². The van der Waals surface area contributed by atoms with E-state index < -0.39 is 11.2 Å². The van der Waals surface area contributed by atoms with Gasteiger partial charge < -0.3 is 15.2 Å². The Labute approximate surface area is 198 Å². The van der Waals surface area contributed by atoms with Crippen molar-refractivity contribution in [3.05, 3.63) is 80.8 Å². The van der Waals surface area contributed by atoms with Crippen LogP contribution in [0.3, 0.4) is 0 Å². The first-order valence-electron chi connectivity index (χ1n) is 11.6. The molecule has 0 aliphatic carbocycles. The van der Waals surface area contributed by atoms with Gasteiger partial charge in [0.2, 0.25) is 5.91 Å². The van der Waals surface area contributed by atoms with Crippen LogP contribution in [0.5, 0.6) is 0 Å². The molecule has 3 heterocycles. The zero-order chi connectivity index (χ0) is 24.4. The Morgan fingerprint density at radius 2 is 1.88 bits per heavy atom. The van der Waals surface area contributed by atoms with Crippen LogP contribution in [-0.2, 0) is 17.9 Å². The maximum atomic E-state index is 13.6. The summed E-state index contributed by atoms with van der Waals surface area (Å²) < 4.78 is 3.50. The minimum Gasteiger partial charge on any atom is -0.383 e. The van der Waals surface area contributed by atoms with Crippen LogP contribution >= 0.6 is 0 Å². The van der Waals surface area contributed by atoms with Crippen molar-refractivity contribution in [2.24, 2.45) is 5.92 Å². The Kier molecular flexibility index (Phi) is 6.74. The summed E-state index contributed by atoms with van der Waals surface area (Å²) >= 11 is 0. The number of anilines is 2. The first kappa shape index (κ1) is 23.6. The predicted molar refractivity (Wildman–Crippen MR) is 133 cm³/mol. The Bertz CT molecular complexity index is 1270. The number of nitrogen functional groups attached to an aromatic ring is 1. The number of benzene rings is 1. The molecule has 0 radical (unpaired) electrons. The van der Waals surface area contributed by atoms with Gasteiger partial charge in [-0.2, -0.15) is 0 Å². The predicted octanol–water partition coefficient (Wildman–Crippen LogP) is 2.03. The minimum atomic E-state index is -0.651. The number of nitrogens with zero attached hydrogens (tertiary/aromatic N) is 4. The highest BCUT2D eigenvalue weighted by Crippen LogP contribution is 2.26. The number of fused-ring (bicyclic) bond motifs is 1. The van der Waals surface area contributed by atoms with Gasteiger partial charge in [0.15, 0.2) is 5.69 Å². The van der Waals surface area contributed by atoms with Crippen molar-refractivity contribution >= 4 is 17.4 Å². The lowest BCUT2D eigenvalue weighted by molar-refractivity contribution is -0.120. The molecule has 0 spiro atoms. The molecule has 0 saturated carbocycles. The second-order valence-electron chi connectivity index (χ2n) is 9.24. The number of aromatic nitrogens is 3. The maximum absolute atomic E-state index is 13.6. The molecule has 9 nitrogen and oxygen atoms in total. The molecular weight excluding hydrogens is 432 g/mol. The van der Waals surface area contributed by atoms with Crippen molar-refractivity contribution in [3.8, 4) is 0 Å². The van der Waals surface area contributed by atoms with Crippen molar-refractivity contribution in [1.82, 2.24) is 19.0 Å². The number of carbonyl (C=O) groups excluding carboxylic acids is 1. The van der Waals surface area contributed by atoms with Gasteiger partial charge in [0.05, 0.1) is 13.1 Å². The molecule has 1 aliphatic rings. The zero-order valence-electron chi connectivity index (χ0n) is 19.9. The summed E-state index contributed by atoms with van der Waals surface area (Å²) in [4.78, 5) is 45.0. The van der Waals surface area contributed by atoms with E-state index in [0.29, 0.717) is 6.54 Å². The molecule has 1 atom stereocenters. The van der Waals surface area contributed by atoms with Crippen LogP contribution in [0, 0.1) is 5.92 Å². The van der Waals surface area contributed by atoms with Gasteiger partial charge in [-0.1, -0.05) is 44.2 Å². The van der Waals surface area contributed by atoms with E-state index in [1.165, 1.54) is 9.47 Å². The van der Waals surface area contributed by atoms with Gasteiger partial charge in [-0.25, -0.2) is 4.79 Å². The highest BCUT2D eigenvalue weighted by Gasteiger charge is 2.30. The lowest BCUT2D eigenvalue weighted by atomic mass is 10.1. The van der Waals surface area contributed by atoms with Crippen LogP contribution in [0.1, 0.15) is 38.1 Å². The minimum absolute atomic E-state index is 0.00725. The second-order valence-corrected chi connectivity index (χ2v) is 9.24. The normalized spacial score (nSPS) is 15.9. The van der Waals surface area contributed by atoms with Gasteiger partial charge in [0.1, 0.15) is 5.82 Å². The smallest absolute Gasteiger partial charge is 0.330 e. The molecule has 1 aromatic carbocycles. The summed E-state index contributed by atoms with van der Waals surface area (Å²) in [5.41, 5.74) is 7.19. The highest BCUT2D eigenvalue weighted by molar-refractivity contribution is 5.97. The summed E-state index contributed by atoms with van der Waals surface area (Å²) in [5.74, 6) is -0.136. The summed E-state index contributed by atoms with van der Waals surface area (Å²) in [5, 5.41) is 0. The number of aromatic amines is 1. The van der Waals surface area contributed by atoms with E-state index in [1.54, 1.807) is 0 Å². The molecule has 3 N–H and O–H groups in total. The van der Waals surface area contributed by atoms with Crippen LogP contribution < -0.4 is 21.9 Å². The third-order valence-corrected chi connectivity index (χ3v) is 6.32.